The second-order valence-corrected chi connectivity index (χ2v) is 4.36. The second-order valence-electron chi connectivity index (χ2n) is 2.94. The normalized spacial score (nSPS) is 10.5. The summed E-state index contributed by atoms with van der Waals surface area (Å²) in [5, 5.41) is 0.465. The molecular weight excluding hydrogens is 366 g/mol. The number of methoxy groups -OCH3 is 1. The molecule has 0 spiro atoms. The van der Waals surface area contributed by atoms with E-state index in [-0.39, 0.29) is 11.3 Å². The van der Waals surface area contributed by atoms with E-state index in [1.165, 1.54) is 19.2 Å². The highest BCUT2D eigenvalue weighted by molar-refractivity contribution is 9.10. The maximum Gasteiger partial charge on any atom is 0.387 e. The summed E-state index contributed by atoms with van der Waals surface area (Å²) in [5.74, 6) is -0.946. The molecule has 1 aromatic rings. The molecule has 0 unspecified atom stereocenters. The molecule has 0 radical (unpaired) electrons. The van der Waals surface area contributed by atoms with Crippen molar-refractivity contribution < 1.29 is 23.0 Å². The van der Waals surface area contributed by atoms with Gasteiger partial charge in [-0.3, -0.25) is 0 Å². The van der Waals surface area contributed by atoms with Crippen LogP contribution in [0.2, 0.25) is 0 Å². The van der Waals surface area contributed by atoms with Gasteiger partial charge in [0.2, 0.25) is 0 Å². The zero-order chi connectivity index (χ0) is 13.0. The van der Waals surface area contributed by atoms with Crippen molar-refractivity contribution in [2.24, 2.45) is 0 Å². The summed E-state index contributed by atoms with van der Waals surface area (Å²) in [6.45, 7) is -3.00. The fourth-order valence-electron chi connectivity index (χ4n) is 1.17. The lowest BCUT2D eigenvalue weighted by Crippen LogP contribution is -2.10. The number of esters is 1. The Hall–Kier alpha value is -0.690. The topological polar surface area (TPSA) is 35.5 Å². The fourth-order valence-corrected chi connectivity index (χ4v) is 2.47. The van der Waals surface area contributed by atoms with Crippen LogP contribution in [0.3, 0.4) is 0 Å². The van der Waals surface area contributed by atoms with Gasteiger partial charge in [0, 0.05) is 9.80 Å². The predicted octanol–water partition coefficient (Wildman–Crippen LogP) is 3.73. The minimum absolute atomic E-state index is 0.0366. The predicted molar refractivity (Wildman–Crippen MR) is 64.7 cm³/mol. The van der Waals surface area contributed by atoms with Gasteiger partial charge in [-0.15, -0.1) is 0 Å². The van der Waals surface area contributed by atoms with Crippen LogP contribution in [-0.2, 0) is 10.1 Å². The molecule has 0 atom stereocenters. The quantitative estimate of drug-likeness (QED) is 0.595. The van der Waals surface area contributed by atoms with Crippen LogP contribution in [0, 0.1) is 0 Å². The van der Waals surface area contributed by atoms with Gasteiger partial charge in [-0.05, 0) is 17.7 Å². The lowest BCUT2D eigenvalue weighted by Gasteiger charge is -2.12. The molecule has 0 bridgehead atoms. The van der Waals surface area contributed by atoms with E-state index in [2.05, 4.69) is 41.3 Å². The van der Waals surface area contributed by atoms with Gasteiger partial charge < -0.3 is 9.47 Å². The molecule has 0 aromatic heterocycles. The Labute approximate surface area is 113 Å². The third-order valence-electron chi connectivity index (χ3n) is 1.91. The summed E-state index contributed by atoms with van der Waals surface area (Å²) in [6, 6.07) is 2.75. The minimum atomic E-state index is -3.00. The molecule has 0 aliphatic rings. The molecule has 0 saturated heterocycles. The first-order chi connectivity index (χ1) is 7.99. The molecule has 0 N–H and O–H groups in total. The van der Waals surface area contributed by atoms with Crippen molar-refractivity contribution in [1.29, 1.82) is 0 Å². The number of hydrogen-bond acceptors (Lipinski definition) is 3. The second kappa shape index (κ2) is 6.30. The molecule has 7 heteroatoms. The SMILES string of the molecule is COC(=O)c1cc(CBr)c(Br)cc1OC(F)F. The third-order valence-corrected chi connectivity index (χ3v) is 3.26. The summed E-state index contributed by atoms with van der Waals surface area (Å²) in [7, 11) is 1.17. The van der Waals surface area contributed by atoms with Crippen LogP contribution in [0.1, 0.15) is 15.9 Å². The highest BCUT2D eigenvalue weighted by Gasteiger charge is 2.18. The standard InChI is InChI=1S/C10H8Br2F2O3/c1-16-9(15)6-2-5(4-11)7(12)3-8(6)17-10(13)14/h2-3,10H,4H2,1H3. The fraction of sp³-hybridized carbons (Fsp3) is 0.300. The van der Waals surface area contributed by atoms with Crippen LogP contribution >= 0.6 is 31.9 Å². The van der Waals surface area contributed by atoms with E-state index in [4.69, 9.17) is 0 Å². The van der Waals surface area contributed by atoms with Crippen molar-refractivity contribution in [2.45, 2.75) is 11.9 Å². The molecule has 0 fully saturated rings. The average Bonchev–Trinajstić information content (AvgIpc) is 2.27. The smallest absolute Gasteiger partial charge is 0.387 e. The number of hydrogen-bond donors (Lipinski definition) is 0. The van der Waals surface area contributed by atoms with Crippen LogP contribution in [0.15, 0.2) is 16.6 Å². The Morgan fingerprint density at radius 2 is 2.12 bits per heavy atom. The first-order valence-electron chi connectivity index (χ1n) is 4.41. The molecular formula is C10H8Br2F2O3. The third kappa shape index (κ3) is 3.64. The maximum atomic E-state index is 12.2. The number of alkyl halides is 3. The highest BCUT2D eigenvalue weighted by atomic mass is 79.9. The Balaban J connectivity index is 3.25. The first kappa shape index (κ1) is 14.4. The molecule has 0 saturated carbocycles. The number of benzene rings is 1. The lowest BCUT2D eigenvalue weighted by molar-refractivity contribution is -0.0504. The van der Waals surface area contributed by atoms with Gasteiger partial charge in [-0.25, -0.2) is 4.79 Å². The molecule has 0 amide bonds. The molecule has 1 aromatic carbocycles. The van der Waals surface area contributed by atoms with Crippen molar-refractivity contribution in [3.05, 3.63) is 27.7 Å². The van der Waals surface area contributed by atoms with E-state index in [1.807, 2.05) is 0 Å². The van der Waals surface area contributed by atoms with E-state index < -0.39 is 12.6 Å². The summed E-state index contributed by atoms with van der Waals surface area (Å²) in [5.41, 5.74) is 0.692. The lowest BCUT2D eigenvalue weighted by atomic mass is 10.1. The zero-order valence-electron chi connectivity index (χ0n) is 8.68. The van der Waals surface area contributed by atoms with Gasteiger partial charge in [-0.2, -0.15) is 8.78 Å². The highest BCUT2D eigenvalue weighted by Crippen LogP contribution is 2.30. The van der Waals surface area contributed by atoms with Gasteiger partial charge in [0.15, 0.2) is 0 Å². The van der Waals surface area contributed by atoms with Gasteiger partial charge in [0.1, 0.15) is 11.3 Å². The monoisotopic (exact) mass is 372 g/mol. The van der Waals surface area contributed by atoms with Crippen molar-refractivity contribution in [3.8, 4) is 5.75 Å². The average molecular weight is 374 g/mol. The molecule has 1 rings (SSSR count). The Bertz CT molecular complexity index is 424. The van der Waals surface area contributed by atoms with Gasteiger partial charge in [0.05, 0.1) is 7.11 Å². The summed E-state index contributed by atoms with van der Waals surface area (Å²) >= 11 is 6.41. The molecule has 3 nitrogen and oxygen atoms in total. The summed E-state index contributed by atoms with van der Waals surface area (Å²) in [4.78, 5) is 11.4. The van der Waals surface area contributed by atoms with Crippen molar-refractivity contribution in [3.63, 3.8) is 0 Å². The van der Waals surface area contributed by atoms with E-state index in [1.54, 1.807) is 0 Å². The van der Waals surface area contributed by atoms with Crippen molar-refractivity contribution >= 4 is 37.8 Å². The van der Waals surface area contributed by atoms with Crippen LogP contribution in [0.5, 0.6) is 5.75 Å². The van der Waals surface area contributed by atoms with E-state index in [0.29, 0.717) is 9.80 Å². The number of carbonyl (C=O) groups is 1. The van der Waals surface area contributed by atoms with E-state index in [0.717, 1.165) is 5.56 Å². The Morgan fingerprint density at radius 1 is 1.47 bits per heavy atom. The molecule has 0 aliphatic heterocycles. The number of ether oxygens (including phenoxy) is 2. The maximum absolute atomic E-state index is 12.2. The largest absolute Gasteiger partial charge is 0.465 e. The molecule has 0 aliphatic carbocycles. The number of halogens is 4. The molecule has 0 heterocycles. The molecule has 94 valence electrons. The zero-order valence-corrected chi connectivity index (χ0v) is 11.8. The first-order valence-corrected chi connectivity index (χ1v) is 6.32. The Morgan fingerprint density at radius 3 is 2.59 bits per heavy atom. The number of rotatable bonds is 4. The minimum Gasteiger partial charge on any atom is -0.465 e. The summed E-state index contributed by atoms with van der Waals surface area (Å²) in [6.07, 6.45) is 0. The van der Waals surface area contributed by atoms with Crippen LogP contribution in [0.25, 0.3) is 0 Å². The van der Waals surface area contributed by atoms with E-state index >= 15 is 0 Å². The van der Waals surface area contributed by atoms with Gasteiger partial charge in [-0.1, -0.05) is 31.9 Å². The van der Waals surface area contributed by atoms with Crippen LogP contribution in [-0.4, -0.2) is 19.7 Å². The molecule has 17 heavy (non-hydrogen) atoms. The van der Waals surface area contributed by atoms with E-state index in [9.17, 15) is 13.6 Å². The summed E-state index contributed by atoms with van der Waals surface area (Å²) < 4.78 is 33.7. The Kier molecular flexibility index (Phi) is 5.32. The number of carbonyl (C=O) groups excluding carboxylic acids is 1. The van der Waals surface area contributed by atoms with Crippen LogP contribution in [0.4, 0.5) is 8.78 Å². The van der Waals surface area contributed by atoms with Crippen molar-refractivity contribution in [2.75, 3.05) is 7.11 Å². The van der Waals surface area contributed by atoms with Crippen molar-refractivity contribution in [1.82, 2.24) is 0 Å². The van der Waals surface area contributed by atoms with Gasteiger partial charge in [0.25, 0.3) is 0 Å². The van der Waals surface area contributed by atoms with Gasteiger partial charge >= 0.3 is 12.6 Å². The van der Waals surface area contributed by atoms with Crippen LogP contribution < -0.4 is 4.74 Å².